The van der Waals surface area contributed by atoms with E-state index in [9.17, 15) is 5.02 Å². The molecule has 0 saturated carbocycles. The molecule has 0 saturated heterocycles. The predicted molar refractivity (Wildman–Crippen MR) is 121 cm³/mol. The molecule has 0 radical (unpaired) electrons. The van der Waals surface area contributed by atoms with E-state index in [0.717, 1.165) is 52.3 Å². The first-order valence-electron chi connectivity index (χ1n) is 10.2. The molecular formula is C24H37BO3. The van der Waals surface area contributed by atoms with Crippen molar-refractivity contribution in [1.82, 2.24) is 0 Å². The Bertz CT molecular complexity index is 747. The summed E-state index contributed by atoms with van der Waals surface area (Å²) in [6, 6.07) is 3.96. The normalized spacial score (nSPS) is 13.9. The first-order valence-corrected chi connectivity index (χ1v) is 10.2. The molecule has 3 nitrogen and oxygen atoms in total. The third kappa shape index (κ3) is 6.03. The van der Waals surface area contributed by atoms with Crippen LogP contribution in [0.25, 0.3) is 0 Å². The van der Waals surface area contributed by atoms with Crippen LogP contribution in [0.1, 0.15) is 65.5 Å². The van der Waals surface area contributed by atoms with E-state index in [1.54, 1.807) is 7.11 Å². The number of rotatable bonds is 9. The Kier molecular flexibility index (Phi) is 9.61. The average molecular weight is 384 g/mol. The van der Waals surface area contributed by atoms with Crippen molar-refractivity contribution in [2.24, 2.45) is 5.92 Å². The van der Waals surface area contributed by atoms with Gasteiger partial charge in [-0.05, 0) is 74.8 Å². The van der Waals surface area contributed by atoms with E-state index < -0.39 is 0 Å². The fraction of sp³-hybridized carbons (Fsp3) is 0.500. The van der Waals surface area contributed by atoms with Gasteiger partial charge in [0.05, 0.1) is 7.11 Å². The molecule has 0 aliphatic heterocycles. The highest BCUT2D eigenvalue weighted by molar-refractivity contribution is 6.45. The fourth-order valence-electron chi connectivity index (χ4n) is 3.15. The summed E-state index contributed by atoms with van der Waals surface area (Å²) < 4.78 is 12.2. The number of hydrogen-bond acceptors (Lipinski definition) is 3. The molecule has 0 atom stereocenters. The van der Waals surface area contributed by atoms with Crippen LogP contribution in [0.5, 0.6) is 5.75 Å². The molecule has 0 aliphatic rings. The van der Waals surface area contributed by atoms with Crippen molar-refractivity contribution in [1.29, 1.82) is 0 Å². The highest BCUT2D eigenvalue weighted by atomic mass is 16.5. The Hall–Kier alpha value is -1.94. The first-order chi connectivity index (χ1) is 13.2. The van der Waals surface area contributed by atoms with E-state index in [-0.39, 0.29) is 7.48 Å². The van der Waals surface area contributed by atoms with Crippen LogP contribution in [0.4, 0.5) is 0 Å². The lowest BCUT2D eigenvalue weighted by Crippen LogP contribution is -2.15. The monoisotopic (exact) mass is 384 g/mol. The van der Waals surface area contributed by atoms with E-state index >= 15 is 0 Å². The summed E-state index contributed by atoms with van der Waals surface area (Å²) in [5.74, 6) is 2.98. The van der Waals surface area contributed by atoms with Crippen molar-refractivity contribution in [2.75, 3.05) is 7.11 Å². The SMILES string of the molecule is CC/C(C)=C(/C=C(\C(OC)=C(\C)CC)C(C)C)Oc1c(C)cc(BO)cc1C. The van der Waals surface area contributed by atoms with Crippen LogP contribution < -0.4 is 10.2 Å². The highest BCUT2D eigenvalue weighted by Crippen LogP contribution is 2.30. The van der Waals surface area contributed by atoms with Gasteiger partial charge in [0.15, 0.2) is 0 Å². The standard InChI is InChI=1S/C24H37BO3/c1-10-16(5)22(14-21(15(3)4)24(27-9)17(6)11-2)28-23-18(7)12-20(25-26)13-19(23)8/h12-15,25-26H,10-11H2,1-9H3/b21-14-,22-16-,24-17+. The van der Waals surface area contributed by atoms with Crippen molar-refractivity contribution < 1.29 is 14.5 Å². The predicted octanol–water partition coefficient (Wildman–Crippen LogP) is 5.25. The largest absolute Gasteiger partial charge is 0.497 e. The topological polar surface area (TPSA) is 38.7 Å². The van der Waals surface area contributed by atoms with Crippen LogP contribution >= 0.6 is 0 Å². The van der Waals surface area contributed by atoms with Gasteiger partial charge in [-0.25, -0.2) is 0 Å². The van der Waals surface area contributed by atoms with E-state index in [4.69, 9.17) is 9.47 Å². The molecule has 0 aromatic heterocycles. The maximum atomic E-state index is 9.45. The van der Waals surface area contributed by atoms with Crippen molar-refractivity contribution in [3.05, 3.63) is 57.6 Å². The molecule has 0 unspecified atom stereocenters. The number of hydrogen-bond donors (Lipinski definition) is 1. The second kappa shape index (κ2) is 11.2. The number of aryl methyl sites for hydroxylation is 2. The molecule has 4 heteroatoms. The Morgan fingerprint density at radius 2 is 1.61 bits per heavy atom. The summed E-state index contributed by atoms with van der Waals surface area (Å²) in [5, 5.41) is 9.45. The van der Waals surface area contributed by atoms with E-state index in [2.05, 4.69) is 47.6 Å². The Balaban J connectivity index is 3.54. The molecule has 0 amide bonds. The number of methoxy groups -OCH3 is 1. The van der Waals surface area contributed by atoms with Gasteiger partial charge in [0, 0.05) is 5.57 Å². The molecule has 0 aliphatic carbocycles. The van der Waals surface area contributed by atoms with Crippen LogP contribution in [0, 0.1) is 19.8 Å². The lowest BCUT2D eigenvalue weighted by Gasteiger charge is -2.20. The zero-order valence-electron chi connectivity index (χ0n) is 19.2. The molecule has 0 spiro atoms. The Labute approximate surface area is 172 Å². The van der Waals surface area contributed by atoms with Gasteiger partial charge in [0.1, 0.15) is 17.3 Å². The number of benzene rings is 1. The number of allylic oxidation sites excluding steroid dienone is 4. The summed E-state index contributed by atoms with van der Waals surface area (Å²) in [5.41, 5.74) is 6.52. The van der Waals surface area contributed by atoms with Gasteiger partial charge >= 0.3 is 7.48 Å². The van der Waals surface area contributed by atoms with Gasteiger partial charge in [0.2, 0.25) is 0 Å². The van der Waals surface area contributed by atoms with Crippen molar-refractivity contribution in [3.63, 3.8) is 0 Å². The lowest BCUT2D eigenvalue weighted by atomic mass is 9.86. The number of ether oxygens (including phenoxy) is 2. The lowest BCUT2D eigenvalue weighted by molar-refractivity contribution is 0.288. The zero-order valence-corrected chi connectivity index (χ0v) is 19.2. The van der Waals surface area contributed by atoms with Crippen LogP contribution in [-0.2, 0) is 4.74 Å². The zero-order chi connectivity index (χ0) is 21.4. The van der Waals surface area contributed by atoms with Gasteiger partial charge in [-0.15, -0.1) is 0 Å². The Morgan fingerprint density at radius 3 is 2.00 bits per heavy atom. The minimum atomic E-state index is 0.0360. The van der Waals surface area contributed by atoms with Gasteiger partial charge in [-0.3, -0.25) is 0 Å². The average Bonchev–Trinajstić information content (AvgIpc) is 2.67. The summed E-state index contributed by atoms with van der Waals surface area (Å²) in [7, 11) is 1.78. The molecule has 0 fully saturated rings. The van der Waals surface area contributed by atoms with Gasteiger partial charge in [0.25, 0.3) is 0 Å². The van der Waals surface area contributed by atoms with Crippen molar-refractivity contribution >= 4 is 12.9 Å². The quantitative estimate of drug-likeness (QED) is 0.359. The molecule has 0 bridgehead atoms. The molecule has 0 heterocycles. The summed E-state index contributed by atoms with van der Waals surface area (Å²) in [6.07, 6.45) is 3.99. The van der Waals surface area contributed by atoms with E-state index in [1.807, 2.05) is 26.0 Å². The first kappa shape index (κ1) is 24.1. The fourth-order valence-corrected chi connectivity index (χ4v) is 3.15. The van der Waals surface area contributed by atoms with Crippen LogP contribution in [-0.4, -0.2) is 19.6 Å². The summed E-state index contributed by atoms with van der Waals surface area (Å²) in [6.45, 7) is 16.9. The van der Waals surface area contributed by atoms with Gasteiger partial charge < -0.3 is 14.5 Å². The molecule has 154 valence electrons. The third-order valence-electron chi connectivity index (χ3n) is 5.16. The van der Waals surface area contributed by atoms with Crippen LogP contribution in [0.2, 0.25) is 0 Å². The Morgan fingerprint density at radius 1 is 1.07 bits per heavy atom. The third-order valence-corrected chi connectivity index (χ3v) is 5.16. The van der Waals surface area contributed by atoms with Gasteiger partial charge in [-0.1, -0.05) is 45.3 Å². The molecule has 1 N–H and O–H groups in total. The smallest absolute Gasteiger partial charge is 0.304 e. The minimum absolute atomic E-state index is 0.0360. The molecular weight excluding hydrogens is 347 g/mol. The minimum Gasteiger partial charge on any atom is -0.497 e. The van der Waals surface area contributed by atoms with Crippen molar-refractivity contribution in [3.8, 4) is 5.75 Å². The molecule has 1 rings (SSSR count). The van der Waals surface area contributed by atoms with E-state index in [0.29, 0.717) is 5.92 Å². The second-order valence-corrected chi connectivity index (χ2v) is 7.74. The van der Waals surface area contributed by atoms with Crippen molar-refractivity contribution in [2.45, 2.75) is 68.2 Å². The van der Waals surface area contributed by atoms with Crippen LogP contribution in [0.3, 0.4) is 0 Å². The molecule has 1 aromatic carbocycles. The molecule has 28 heavy (non-hydrogen) atoms. The van der Waals surface area contributed by atoms with Crippen LogP contribution in [0.15, 0.2) is 46.4 Å². The van der Waals surface area contributed by atoms with E-state index in [1.165, 1.54) is 11.1 Å². The second-order valence-electron chi connectivity index (χ2n) is 7.74. The summed E-state index contributed by atoms with van der Waals surface area (Å²) in [4.78, 5) is 0. The van der Waals surface area contributed by atoms with Gasteiger partial charge in [-0.2, -0.15) is 0 Å². The summed E-state index contributed by atoms with van der Waals surface area (Å²) >= 11 is 0. The maximum absolute atomic E-state index is 9.45. The molecule has 1 aromatic rings. The maximum Gasteiger partial charge on any atom is 0.304 e. The highest BCUT2D eigenvalue weighted by Gasteiger charge is 2.17.